The van der Waals surface area contributed by atoms with Crippen LogP contribution in [-0.4, -0.2) is 18.5 Å². The first-order valence-electron chi connectivity index (χ1n) is 4.60. The minimum atomic E-state index is 0.476. The fourth-order valence-corrected chi connectivity index (χ4v) is 1.91. The molecule has 0 aliphatic heterocycles. The van der Waals surface area contributed by atoms with E-state index in [9.17, 15) is 0 Å². The third-order valence-corrected chi connectivity index (χ3v) is 3.04. The van der Waals surface area contributed by atoms with E-state index in [0.29, 0.717) is 4.83 Å². The first-order valence-corrected chi connectivity index (χ1v) is 5.89. The summed E-state index contributed by atoms with van der Waals surface area (Å²) >= 11 is 9.42. The largest absolute Gasteiger partial charge is 0.385 e. The number of hydrogen-bond acceptors (Lipinski definition) is 1. The Morgan fingerprint density at radius 1 is 1.36 bits per heavy atom. The molecule has 0 N–H and O–H groups in total. The number of methoxy groups -OCH3 is 1. The maximum Gasteiger partial charge on any atom is 0.0473 e. The molecule has 0 aromatic heterocycles. The molecule has 0 radical (unpaired) electrons. The number of ether oxygens (including phenoxy) is 1. The second kappa shape index (κ2) is 6.44. The van der Waals surface area contributed by atoms with E-state index in [0.717, 1.165) is 24.5 Å². The Hall–Kier alpha value is -0.0500. The predicted molar refractivity (Wildman–Crippen MR) is 64.4 cm³/mol. The predicted octanol–water partition coefficient (Wildman–Crippen LogP) is 3.68. The van der Waals surface area contributed by atoms with Gasteiger partial charge in [-0.25, -0.2) is 0 Å². The van der Waals surface area contributed by atoms with Gasteiger partial charge in [0.25, 0.3) is 0 Å². The van der Waals surface area contributed by atoms with E-state index in [-0.39, 0.29) is 0 Å². The van der Waals surface area contributed by atoms with Crippen molar-refractivity contribution in [1.29, 1.82) is 0 Å². The lowest BCUT2D eigenvalue weighted by Gasteiger charge is -2.08. The van der Waals surface area contributed by atoms with Crippen molar-refractivity contribution >= 4 is 27.5 Å². The summed E-state index contributed by atoms with van der Waals surface area (Å²) in [6.45, 7) is 0.795. The van der Waals surface area contributed by atoms with Crippen LogP contribution in [0.1, 0.15) is 12.0 Å². The molecule has 0 amide bonds. The summed E-state index contributed by atoms with van der Waals surface area (Å²) in [6, 6.07) is 7.96. The van der Waals surface area contributed by atoms with Crippen LogP contribution in [0.15, 0.2) is 24.3 Å². The zero-order chi connectivity index (χ0) is 10.4. The molecule has 14 heavy (non-hydrogen) atoms. The van der Waals surface area contributed by atoms with E-state index in [4.69, 9.17) is 16.3 Å². The molecule has 1 rings (SSSR count). The van der Waals surface area contributed by atoms with Crippen molar-refractivity contribution in [1.82, 2.24) is 0 Å². The van der Waals surface area contributed by atoms with E-state index < -0.39 is 0 Å². The Morgan fingerprint density at radius 2 is 2.00 bits per heavy atom. The minimum absolute atomic E-state index is 0.476. The van der Waals surface area contributed by atoms with E-state index in [1.807, 2.05) is 12.1 Å². The van der Waals surface area contributed by atoms with Crippen LogP contribution >= 0.6 is 27.5 Å². The van der Waals surface area contributed by atoms with Gasteiger partial charge in [-0.15, -0.1) is 0 Å². The van der Waals surface area contributed by atoms with Crippen molar-refractivity contribution in [2.75, 3.05) is 13.7 Å². The van der Waals surface area contributed by atoms with Crippen LogP contribution in [-0.2, 0) is 11.2 Å². The third kappa shape index (κ3) is 4.45. The minimum Gasteiger partial charge on any atom is -0.385 e. The maximum absolute atomic E-state index is 5.80. The van der Waals surface area contributed by atoms with E-state index in [2.05, 4.69) is 28.1 Å². The summed E-state index contributed by atoms with van der Waals surface area (Å²) in [7, 11) is 1.72. The van der Waals surface area contributed by atoms with E-state index in [1.54, 1.807) is 7.11 Å². The zero-order valence-electron chi connectivity index (χ0n) is 8.17. The van der Waals surface area contributed by atoms with Gasteiger partial charge in [0.15, 0.2) is 0 Å². The van der Waals surface area contributed by atoms with Crippen molar-refractivity contribution in [3.8, 4) is 0 Å². The molecule has 0 saturated carbocycles. The highest BCUT2D eigenvalue weighted by atomic mass is 79.9. The van der Waals surface area contributed by atoms with Gasteiger partial charge in [0.05, 0.1) is 0 Å². The van der Waals surface area contributed by atoms with Crippen LogP contribution in [0.4, 0.5) is 0 Å². The van der Waals surface area contributed by atoms with Gasteiger partial charge in [-0.3, -0.25) is 0 Å². The number of halogens is 2. The SMILES string of the molecule is COCCC(Br)Cc1ccc(Cl)cc1. The molecule has 1 aromatic rings. The van der Waals surface area contributed by atoms with Gasteiger partial charge in [-0.2, -0.15) is 0 Å². The summed E-state index contributed by atoms with van der Waals surface area (Å²) < 4.78 is 5.02. The van der Waals surface area contributed by atoms with Gasteiger partial charge in [-0.1, -0.05) is 39.7 Å². The molecule has 0 aliphatic carbocycles. The summed E-state index contributed by atoms with van der Waals surface area (Å²) in [4.78, 5) is 0.476. The molecular formula is C11H14BrClO. The molecule has 1 atom stereocenters. The van der Waals surface area contributed by atoms with Gasteiger partial charge in [-0.05, 0) is 30.5 Å². The summed E-state index contributed by atoms with van der Waals surface area (Å²) in [5, 5.41) is 0.789. The quantitative estimate of drug-likeness (QED) is 0.746. The van der Waals surface area contributed by atoms with Crippen LogP contribution in [0.5, 0.6) is 0 Å². The van der Waals surface area contributed by atoms with Gasteiger partial charge in [0, 0.05) is 23.6 Å². The van der Waals surface area contributed by atoms with Crippen LogP contribution in [0.25, 0.3) is 0 Å². The van der Waals surface area contributed by atoms with Crippen LogP contribution in [0.2, 0.25) is 5.02 Å². The van der Waals surface area contributed by atoms with Crippen molar-refractivity contribution < 1.29 is 4.74 Å². The van der Waals surface area contributed by atoms with E-state index in [1.165, 1.54) is 5.56 Å². The lowest BCUT2D eigenvalue weighted by molar-refractivity contribution is 0.194. The third-order valence-electron chi connectivity index (χ3n) is 2.01. The monoisotopic (exact) mass is 276 g/mol. The van der Waals surface area contributed by atoms with Gasteiger partial charge < -0.3 is 4.74 Å². The molecule has 3 heteroatoms. The van der Waals surface area contributed by atoms with Crippen LogP contribution in [0, 0.1) is 0 Å². The summed E-state index contributed by atoms with van der Waals surface area (Å²) in [5.41, 5.74) is 1.30. The topological polar surface area (TPSA) is 9.23 Å². The Morgan fingerprint density at radius 3 is 2.57 bits per heavy atom. The fraction of sp³-hybridized carbons (Fsp3) is 0.455. The summed E-state index contributed by atoms with van der Waals surface area (Å²) in [6.07, 6.45) is 2.04. The Labute approximate surface area is 98.5 Å². The normalized spacial score (nSPS) is 12.8. The average Bonchev–Trinajstić information content (AvgIpc) is 2.18. The smallest absolute Gasteiger partial charge is 0.0473 e. The highest BCUT2D eigenvalue weighted by Gasteiger charge is 2.04. The number of hydrogen-bond donors (Lipinski definition) is 0. The first-order chi connectivity index (χ1) is 6.72. The molecule has 1 nitrogen and oxygen atoms in total. The van der Waals surface area contributed by atoms with Crippen molar-refractivity contribution in [3.05, 3.63) is 34.9 Å². The Kier molecular flexibility index (Phi) is 5.53. The molecule has 0 bridgehead atoms. The number of rotatable bonds is 5. The van der Waals surface area contributed by atoms with Crippen molar-refractivity contribution in [3.63, 3.8) is 0 Å². The molecule has 78 valence electrons. The molecule has 0 fully saturated rings. The average molecular weight is 278 g/mol. The lowest BCUT2D eigenvalue weighted by Crippen LogP contribution is -2.06. The highest BCUT2D eigenvalue weighted by molar-refractivity contribution is 9.09. The van der Waals surface area contributed by atoms with Gasteiger partial charge in [0.2, 0.25) is 0 Å². The number of alkyl halides is 1. The highest BCUT2D eigenvalue weighted by Crippen LogP contribution is 2.15. The molecule has 1 unspecified atom stereocenters. The maximum atomic E-state index is 5.80. The van der Waals surface area contributed by atoms with Crippen LogP contribution < -0.4 is 0 Å². The molecule has 0 saturated heterocycles. The molecular weight excluding hydrogens is 263 g/mol. The zero-order valence-corrected chi connectivity index (χ0v) is 10.5. The van der Waals surface area contributed by atoms with Crippen LogP contribution in [0.3, 0.4) is 0 Å². The van der Waals surface area contributed by atoms with Gasteiger partial charge in [0.1, 0.15) is 0 Å². The Bertz CT molecular complexity index is 260. The lowest BCUT2D eigenvalue weighted by atomic mass is 10.1. The summed E-state index contributed by atoms with van der Waals surface area (Å²) in [5.74, 6) is 0. The second-order valence-electron chi connectivity index (χ2n) is 3.21. The van der Waals surface area contributed by atoms with Crippen molar-refractivity contribution in [2.24, 2.45) is 0 Å². The first kappa shape index (κ1) is 12.0. The standard InChI is InChI=1S/C11H14BrClO/c1-14-7-6-10(12)8-9-2-4-11(13)5-3-9/h2-5,10H,6-8H2,1H3. The van der Waals surface area contributed by atoms with E-state index >= 15 is 0 Å². The van der Waals surface area contributed by atoms with Gasteiger partial charge >= 0.3 is 0 Å². The fourth-order valence-electron chi connectivity index (χ4n) is 1.22. The molecule has 0 spiro atoms. The Balaban J connectivity index is 2.39. The second-order valence-corrected chi connectivity index (χ2v) is 4.94. The molecule has 0 aliphatic rings. The number of benzene rings is 1. The van der Waals surface area contributed by atoms with Crippen molar-refractivity contribution in [2.45, 2.75) is 17.7 Å². The molecule has 0 heterocycles. The molecule has 1 aromatic carbocycles.